The molecule has 0 saturated carbocycles. The Kier molecular flexibility index (Phi) is 2.70. The lowest BCUT2D eigenvalue weighted by atomic mass is 10.1. The average Bonchev–Trinajstić information content (AvgIpc) is 2.58. The second-order valence-electron chi connectivity index (χ2n) is 4.26. The highest BCUT2D eigenvalue weighted by atomic mass is 16.5. The van der Waals surface area contributed by atoms with Crippen LogP contribution in [0.2, 0.25) is 0 Å². The fourth-order valence-corrected chi connectivity index (χ4v) is 2.09. The van der Waals surface area contributed by atoms with Crippen LogP contribution in [0.15, 0.2) is 71.9 Å². The lowest BCUT2D eigenvalue weighted by molar-refractivity contribution is 0.333. The van der Waals surface area contributed by atoms with E-state index < -0.39 is 0 Å². The summed E-state index contributed by atoms with van der Waals surface area (Å²) in [6, 6.07) is 0.301. The monoisotopic (exact) mass is 225 g/mol. The van der Waals surface area contributed by atoms with Crippen molar-refractivity contribution in [1.29, 1.82) is 0 Å². The van der Waals surface area contributed by atoms with Crippen LogP contribution in [0.5, 0.6) is 0 Å². The van der Waals surface area contributed by atoms with E-state index in [1.807, 2.05) is 18.2 Å². The second kappa shape index (κ2) is 4.50. The molecular weight excluding hydrogens is 210 g/mol. The fourth-order valence-electron chi connectivity index (χ4n) is 2.09. The van der Waals surface area contributed by atoms with E-state index in [4.69, 9.17) is 4.74 Å². The summed E-state index contributed by atoms with van der Waals surface area (Å²) in [5.74, 6) is 1.82. The molecule has 0 saturated heterocycles. The van der Waals surface area contributed by atoms with Crippen LogP contribution < -0.4 is 5.32 Å². The van der Waals surface area contributed by atoms with Gasteiger partial charge in [0.25, 0.3) is 0 Å². The van der Waals surface area contributed by atoms with Gasteiger partial charge >= 0.3 is 0 Å². The van der Waals surface area contributed by atoms with Crippen LogP contribution in [-0.2, 0) is 4.74 Å². The SMILES string of the molecule is C1=CCC2C=C(/C=C\1)OC1=C(C=CCC=C1)N2. The molecule has 1 atom stereocenters. The molecule has 2 bridgehead atoms. The van der Waals surface area contributed by atoms with Gasteiger partial charge in [-0.1, -0.05) is 30.4 Å². The molecule has 2 heteroatoms. The first-order valence-corrected chi connectivity index (χ1v) is 5.98. The summed E-state index contributed by atoms with van der Waals surface area (Å²) in [6.45, 7) is 0. The quantitative estimate of drug-likeness (QED) is 0.684. The number of rotatable bonds is 0. The van der Waals surface area contributed by atoms with Crippen molar-refractivity contribution in [1.82, 2.24) is 5.32 Å². The standard InChI is InChI=1S/C15H15NO/c1-3-7-12-11-13(8-4-1)17-15-10-6-2-5-9-14(15)16-12/h1,3-6,8-12,16H,2,7H2/b3-1?,8-4-. The highest BCUT2D eigenvalue weighted by Crippen LogP contribution is 2.22. The fraction of sp³-hybridized carbons (Fsp3) is 0.200. The molecule has 1 N–H and O–H groups in total. The van der Waals surface area contributed by atoms with Crippen molar-refractivity contribution in [3.05, 3.63) is 71.9 Å². The average molecular weight is 225 g/mol. The van der Waals surface area contributed by atoms with E-state index in [0.717, 1.165) is 30.1 Å². The molecule has 1 unspecified atom stereocenters. The van der Waals surface area contributed by atoms with Crippen LogP contribution in [0.1, 0.15) is 12.8 Å². The summed E-state index contributed by atoms with van der Waals surface area (Å²) in [6.07, 6.45) is 20.7. The molecule has 86 valence electrons. The molecule has 0 radical (unpaired) electrons. The molecule has 0 aromatic heterocycles. The molecule has 0 amide bonds. The first-order valence-electron chi connectivity index (χ1n) is 5.98. The van der Waals surface area contributed by atoms with E-state index in [2.05, 4.69) is 41.8 Å². The first-order chi connectivity index (χ1) is 8.42. The Balaban J connectivity index is 1.99. The summed E-state index contributed by atoms with van der Waals surface area (Å²) < 4.78 is 5.92. The Hall–Kier alpha value is -1.96. The third-order valence-corrected chi connectivity index (χ3v) is 2.92. The number of fused-ring (bicyclic) bond motifs is 1. The minimum atomic E-state index is 0.301. The van der Waals surface area contributed by atoms with E-state index in [9.17, 15) is 0 Å². The highest BCUT2D eigenvalue weighted by molar-refractivity contribution is 5.37. The smallest absolute Gasteiger partial charge is 0.150 e. The molecule has 3 aliphatic rings. The van der Waals surface area contributed by atoms with E-state index in [-0.39, 0.29) is 0 Å². The zero-order chi connectivity index (χ0) is 11.5. The molecule has 1 heterocycles. The van der Waals surface area contributed by atoms with Crippen LogP contribution in [0.4, 0.5) is 0 Å². The van der Waals surface area contributed by atoms with E-state index >= 15 is 0 Å². The van der Waals surface area contributed by atoms with Gasteiger partial charge in [0.1, 0.15) is 11.5 Å². The summed E-state index contributed by atoms with van der Waals surface area (Å²) in [5.41, 5.74) is 1.07. The molecule has 0 aromatic rings. The number of nitrogens with one attached hydrogen (secondary N) is 1. The van der Waals surface area contributed by atoms with E-state index in [1.165, 1.54) is 0 Å². The van der Waals surface area contributed by atoms with Gasteiger partial charge in [0.05, 0.1) is 11.7 Å². The van der Waals surface area contributed by atoms with E-state index in [0.29, 0.717) is 6.04 Å². The van der Waals surface area contributed by atoms with Gasteiger partial charge in [0, 0.05) is 0 Å². The number of ether oxygens (including phenoxy) is 1. The van der Waals surface area contributed by atoms with Crippen molar-refractivity contribution in [3.63, 3.8) is 0 Å². The Morgan fingerprint density at radius 2 is 2.00 bits per heavy atom. The Bertz CT molecular complexity index is 489. The molecule has 0 spiro atoms. The molecule has 1 aliphatic heterocycles. The molecule has 3 rings (SSSR count). The van der Waals surface area contributed by atoms with Gasteiger partial charge in [-0.3, -0.25) is 0 Å². The normalized spacial score (nSPS) is 27.8. The predicted octanol–water partition coefficient (Wildman–Crippen LogP) is 3.10. The van der Waals surface area contributed by atoms with Gasteiger partial charge in [-0.05, 0) is 37.1 Å². The summed E-state index contributed by atoms with van der Waals surface area (Å²) in [5, 5.41) is 3.51. The molecule has 0 fully saturated rings. The molecule has 2 aliphatic carbocycles. The molecular formula is C15H15NO. The third-order valence-electron chi connectivity index (χ3n) is 2.92. The van der Waals surface area contributed by atoms with Crippen molar-refractivity contribution in [2.24, 2.45) is 0 Å². The number of allylic oxidation sites excluding steroid dienone is 7. The maximum absolute atomic E-state index is 5.92. The Labute approximate surface area is 101 Å². The van der Waals surface area contributed by atoms with Crippen LogP contribution in [-0.4, -0.2) is 6.04 Å². The van der Waals surface area contributed by atoms with Crippen molar-refractivity contribution in [2.45, 2.75) is 18.9 Å². The lowest BCUT2D eigenvalue weighted by Crippen LogP contribution is -2.25. The summed E-state index contributed by atoms with van der Waals surface area (Å²) >= 11 is 0. The minimum absolute atomic E-state index is 0.301. The zero-order valence-corrected chi connectivity index (χ0v) is 9.60. The maximum atomic E-state index is 5.92. The van der Waals surface area contributed by atoms with Gasteiger partial charge in [-0.2, -0.15) is 0 Å². The molecule has 2 nitrogen and oxygen atoms in total. The third kappa shape index (κ3) is 2.26. The molecule has 17 heavy (non-hydrogen) atoms. The van der Waals surface area contributed by atoms with Gasteiger partial charge in [0.2, 0.25) is 0 Å². The second-order valence-corrected chi connectivity index (χ2v) is 4.26. The summed E-state index contributed by atoms with van der Waals surface area (Å²) in [7, 11) is 0. The minimum Gasteiger partial charge on any atom is -0.455 e. The van der Waals surface area contributed by atoms with Crippen molar-refractivity contribution < 1.29 is 4.74 Å². The molecule has 0 aromatic carbocycles. The summed E-state index contributed by atoms with van der Waals surface area (Å²) in [4.78, 5) is 0. The largest absolute Gasteiger partial charge is 0.455 e. The van der Waals surface area contributed by atoms with Gasteiger partial charge in [-0.25, -0.2) is 0 Å². The van der Waals surface area contributed by atoms with Crippen molar-refractivity contribution in [2.75, 3.05) is 0 Å². The van der Waals surface area contributed by atoms with E-state index in [1.54, 1.807) is 0 Å². The van der Waals surface area contributed by atoms with Crippen LogP contribution in [0.3, 0.4) is 0 Å². The van der Waals surface area contributed by atoms with Gasteiger partial charge in [-0.15, -0.1) is 0 Å². The Morgan fingerprint density at radius 3 is 3.00 bits per heavy atom. The van der Waals surface area contributed by atoms with Gasteiger partial charge in [0.15, 0.2) is 0 Å². The number of hydrogen-bond acceptors (Lipinski definition) is 2. The van der Waals surface area contributed by atoms with Crippen molar-refractivity contribution in [3.8, 4) is 0 Å². The van der Waals surface area contributed by atoms with Crippen molar-refractivity contribution >= 4 is 0 Å². The Morgan fingerprint density at radius 1 is 1.06 bits per heavy atom. The van der Waals surface area contributed by atoms with Gasteiger partial charge < -0.3 is 10.1 Å². The first kappa shape index (κ1) is 10.2. The lowest BCUT2D eigenvalue weighted by Gasteiger charge is -2.13. The predicted molar refractivity (Wildman–Crippen MR) is 68.9 cm³/mol. The van der Waals surface area contributed by atoms with Crippen LogP contribution in [0.25, 0.3) is 0 Å². The van der Waals surface area contributed by atoms with Crippen LogP contribution in [0, 0.1) is 0 Å². The van der Waals surface area contributed by atoms with Crippen LogP contribution >= 0.6 is 0 Å². The zero-order valence-electron chi connectivity index (χ0n) is 9.60. The highest BCUT2D eigenvalue weighted by Gasteiger charge is 2.16. The number of hydrogen-bond donors (Lipinski definition) is 1. The topological polar surface area (TPSA) is 21.3 Å². The maximum Gasteiger partial charge on any atom is 0.150 e.